The molecule has 1 fully saturated rings. The molecule has 0 radical (unpaired) electrons. The number of guanidine groups is 1. The minimum Gasteiger partial charge on any atom is -0.379 e. The van der Waals surface area contributed by atoms with E-state index in [1.54, 1.807) is 0 Å². The molecule has 1 aliphatic rings. The highest BCUT2D eigenvalue weighted by atomic mass is 16.5. The standard InChI is InChI=1S/C24H34N4O/c1-19-14-20(2)16-21(15-19)8-9-26-24(25-3)27-17-22-6-4-5-7-23(22)18-28-10-12-29-13-11-28/h4-7,14-16H,8-13,17-18H2,1-3H3,(H2,25,26,27). The van der Waals surface area contributed by atoms with Gasteiger partial charge in [0, 0.05) is 39.8 Å². The molecule has 1 aliphatic heterocycles. The lowest BCUT2D eigenvalue weighted by Crippen LogP contribution is -2.38. The van der Waals surface area contributed by atoms with Gasteiger partial charge in [0.05, 0.1) is 13.2 Å². The topological polar surface area (TPSA) is 48.9 Å². The van der Waals surface area contributed by atoms with Gasteiger partial charge in [-0.1, -0.05) is 53.6 Å². The lowest BCUT2D eigenvalue weighted by Gasteiger charge is -2.27. The molecule has 0 aliphatic carbocycles. The number of hydrogen-bond acceptors (Lipinski definition) is 3. The fourth-order valence-corrected chi connectivity index (χ4v) is 3.82. The van der Waals surface area contributed by atoms with Crippen molar-refractivity contribution in [3.05, 3.63) is 70.3 Å². The summed E-state index contributed by atoms with van der Waals surface area (Å²) in [6.07, 6.45) is 0.983. The number of nitrogens with one attached hydrogen (secondary N) is 2. The summed E-state index contributed by atoms with van der Waals surface area (Å²) < 4.78 is 5.47. The van der Waals surface area contributed by atoms with Crippen LogP contribution in [0.15, 0.2) is 47.5 Å². The van der Waals surface area contributed by atoms with Crippen LogP contribution in [0.3, 0.4) is 0 Å². The van der Waals surface area contributed by atoms with Crippen LogP contribution in [-0.4, -0.2) is 50.8 Å². The Morgan fingerprint density at radius 2 is 1.69 bits per heavy atom. The van der Waals surface area contributed by atoms with Crippen LogP contribution in [-0.2, 0) is 24.2 Å². The fourth-order valence-electron chi connectivity index (χ4n) is 3.82. The van der Waals surface area contributed by atoms with Crippen molar-refractivity contribution in [3.63, 3.8) is 0 Å². The molecule has 2 aromatic rings. The lowest BCUT2D eigenvalue weighted by atomic mass is 10.1. The van der Waals surface area contributed by atoms with Gasteiger partial charge in [0.2, 0.25) is 0 Å². The van der Waals surface area contributed by atoms with Gasteiger partial charge < -0.3 is 15.4 Å². The van der Waals surface area contributed by atoms with Crippen molar-refractivity contribution in [2.24, 2.45) is 4.99 Å². The molecule has 2 N–H and O–H groups in total. The van der Waals surface area contributed by atoms with Crippen LogP contribution >= 0.6 is 0 Å². The second-order valence-electron chi connectivity index (χ2n) is 7.76. The first kappa shape index (κ1) is 21.3. The van der Waals surface area contributed by atoms with Crippen molar-refractivity contribution in [2.45, 2.75) is 33.4 Å². The van der Waals surface area contributed by atoms with E-state index in [0.29, 0.717) is 0 Å². The number of nitrogens with zero attached hydrogens (tertiary/aromatic N) is 2. The van der Waals surface area contributed by atoms with Crippen molar-refractivity contribution in [3.8, 4) is 0 Å². The first-order valence-corrected chi connectivity index (χ1v) is 10.5. The number of ether oxygens (including phenoxy) is 1. The zero-order chi connectivity index (χ0) is 20.5. The van der Waals surface area contributed by atoms with E-state index >= 15 is 0 Å². The molecule has 0 unspecified atom stereocenters. The van der Waals surface area contributed by atoms with Crippen LogP contribution in [0.5, 0.6) is 0 Å². The summed E-state index contributed by atoms with van der Waals surface area (Å²) in [7, 11) is 1.83. The Kier molecular flexibility index (Phi) is 8.08. The monoisotopic (exact) mass is 394 g/mol. The average molecular weight is 395 g/mol. The summed E-state index contributed by atoms with van der Waals surface area (Å²) in [6, 6.07) is 15.4. The third-order valence-corrected chi connectivity index (χ3v) is 5.27. The zero-order valence-corrected chi connectivity index (χ0v) is 18.0. The van der Waals surface area contributed by atoms with E-state index in [2.05, 4.69) is 76.8 Å². The van der Waals surface area contributed by atoms with Gasteiger partial charge in [0.25, 0.3) is 0 Å². The van der Waals surface area contributed by atoms with Crippen molar-refractivity contribution >= 4 is 5.96 Å². The highest BCUT2D eigenvalue weighted by Crippen LogP contribution is 2.13. The summed E-state index contributed by atoms with van der Waals surface area (Å²) in [6.45, 7) is 10.6. The second-order valence-corrected chi connectivity index (χ2v) is 7.76. The molecule has 1 heterocycles. The predicted octanol–water partition coefficient (Wildman–Crippen LogP) is 3.04. The van der Waals surface area contributed by atoms with Gasteiger partial charge >= 0.3 is 0 Å². The van der Waals surface area contributed by atoms with Gasteiger partial charge in [-0.15, -0.1) is 0 Å². The summed E-state index contributed by atoms with van der Waals surface area (Å²) >= 11 is 0. The van der Waals surface area contributed by atoms with Crippen molar-refractivity contribution in [2.75, 3.05) is 39.9 Å². The molecule has 0 bridgehead atoms. The number of aliphatic imine (C=N–C) groups is 1. The van der Waals surface area contributed by atoms with Crippen LogP contribution in [0.2, 0.25) is 0 Å². The van der Waals surface area contributed by atoms with E-state index in [9.17, 15) is 0 Å². The predicted molar refractivity (Wildman–Crippen MR) is 120 cm³/mol. The highest BCUT2D eigenvalue weighted by molar-refractivity contribution is 5.79. The van der Waals surface area contributed by atoms with Crippen molar-refractivity contribution < 1.29 is 4.74 Å². The molecular weight excluding hydrogens is 360 g/mol. The summed E-state index contributed by atoms with van der Waals surface area (Å²) in [5, 5.41) is 6.91. The first-order chi connectivity index (χ1) is 14.1. The minimum atomic E-state index is 0.768. The SMILES string of the molecule is CN=C(NCCc1cc(C)cc(C)c1)NCc1ccccc1CN1CCOCC1. The van der Waals surface area contributed by atoms with E-state index < -0.39 is 0 Å². The molecule has 5 heteroatoms. The van der Waals surface area contributed by atoms with Crippen LogP contribution in [0, 0.1) is 13.8 Å². The lowest BCUT2D eigenvalue weighted by molar-refractivity contribution is 0.0341. The maximum atomic E-state index is 5.47. The minimum absolute atomic E-state index is 0.768. The van der Waals surface area contributed by atoms with Crippen LogP contribution in [0.4, 0.5) is 0 Å². The van der Waals surface area contributed by atoms with E-state index in [4.69, 9.17) is 4.74 Å². The smallest absolute Gasteiger partial charge is 0.191 e. The van der Waals surface area contributed by atoms with E-state index in [0.717, 1.165) is 58.3 Å². The van der Waals surface area contributed by atoms with Gasteiger partial charge in [-0.25, -0.2) is 0 Å². The second kappa shape index (κ2) is 11.0. The van der Waals surface area contributed by atoms with Gasteiger partial charge in [-0.3, -0.25) is 9.89 Å². The van der Waals surface area contributed by atoms with Crippen LogP contribution < -0.4 is 10.6 Å². The van der Waals surface area contributed by atoms with Gasteiger partial charge in [-0.05, 0) is 37.0 Å². The van der Waals surface area contributed by atoms with Crippen LogP contribution in [0.25, 0.3) is 0 Å². The maximum absolute atomic E-state index is 5.47. The molecule has 29 heavy (non-hydrogen) atoms. The highest BCUT2D eigenvalue weighted by Gasteiger charge is 2.12. The van der Waals surface area contributed by atoms with Crippen LogP contribution in [0.1, 0.15) is 27.8 Å². The van der Waals surface area contributed by atoms with Gasteiger partial charge in [0.15, 0.2) is 5.96 Å². The normalized spacial score (nSPS) is 15.3. The Balaban J connectivity index is 1.50. The van der Waals surface area contributed by atoms with Gasteiger partial charge in [0.1, 0.15) is 0 Å². The summed E-state index contributed by atoms with van der Waals surface area (Å²) in [4.78, 5) is 6.84. The molecule has 0 spiro atoms. The average Bonchev–Trinajstić information content (AvgIpc) is 2.71. The quantitative estimate of drug-likeness (QED) is 0.560. The Labute approximate surface area is 175 Å². The molecule has 0 aromatic heterocycles. The van der Waals surface area contributed by atoms with E-state index in [1.165, 1.54) is 27.8 Å². The van der Waals surface area contributed by atoms with E-state index in [-0.39, 0.29) is 0 Å². The van der Waals surface area contributed by atoms with E-state index in [1.807, 2.05) is 7.05 Å². The molecule has 3 rings (SSSR count). The molecule has 0 atom stereocenters. The zero-order valence-electron chi connectivity index (χ0n) is 18.0. The third kappa shape index (κ3) is 6.87. The summed E-state index contributed by atoms with van der Waals surface area (Å²) in [5.74, 6) is 0.843. The van der Waals surface area contributed by atoms with Crippen molar-refractivity contribution in [1.29, 1.82) is 0 Å². The Morgan fingerprint density at radius 1 is 1.00 bits per heavy atom. The molecule has 0 amide bonds. The van der Waals surface area contributed by atoms with Crippen molar-refractivity contribution in [1.82, 2.24) is 15.5 Å². The van der Waals surface area contributed by atoms with Gasteiger partial charge in [-0.2, -0.15) is 0 Å². The molecule has 0 saturated carbocycles. The number of rotatable bonds is 7. The Morgan fingerprint density at radius 3 is 2.38 bits per heavy atom. The molecule has 156 valence electrons. The maximum Gasteiger partial charge on any atom is 0.191 e. The first-order valence-electron chi connectivity index (χ1n) is 10.5. The molecule has 1 saturated heterocycles. The molecular formula is C24H34N4O. The fraction of sp³-hybridized carbons (Fsp3) is 0.458. The molecule has 2 aromatic carbocycles. The Hall–Kier alpha value is -2.37. The number of aryl methyl sites for hydroxylation is 2. The number of hydrogen-bond donors (Lipinski definition) is 2. The molecule has 5 nitrogen and oxygen atoms in total. The Bertz CT molecular complexity index is 792. The third-order valence-electron chi connectivity index (χ3n) is 5.27. The number of benzene rings is 2. The number of morpholine rings is 1. The summed E-state index contributed by atoms with van der Waals surface area (Å²) in [5.41, 5.74) is 6.68. The largest absolute Gasteiger partial charge is 0.379 e.